The predicted octanol–water partition coefficient (Wildman–Crippen LogP) is 4.25. The number of likely N-dealkylation sites (tertiary alicyclic amines) is 2. The molecule has 2 aromatic heterocycles. The number of hydrogen-bond acceptors (Lipinski definition) is 8. The second kappa shape index (κ2) is 15.3. The van der Waals surface area contributed by atoms with E-state index in [0.29, 0.717) is 5.96 Å². The van der Waals surface area contributed by atoms with Crippen molar-refractivity contribution >= 4 is 29.5 Å². The number of nitrogens with one attached hydrogen (secondary N) is 2. The van der Waals surface area contributed by atoms with Crippen LogP contribution in [0.25, 0.3) is 0 Å². The minimum atomic E-state index is 0.537. The highest BCUT2D eigenvalue weighted by atomic mass is 32.2. The third-order valence-corrected chi connectivity index (χ3v) is 8.28. The average molecular weight is 531 g/mol. The Hall–Kier alpha value is -2.06. The molecule has 4 rings (SSSR count). The van der Waals surface area contributed by atoms with Crippen LogP contribution in [0.1, 0.15) is 48.7 Å². The van der Waals surface area contributed by atoms with Gasteiger partial charge in [-0.3, -0.25) is 9.80 Å². The molecule has 2 N–H and O–H groups in total. The first-order valence-corrected chi connectivity index (χ1v) is 15.3. The van der Waals surface area contributed by atoms with E-state index >= 15 is 0 Å². The summed E-state index contributed by atoms with van der Waals surface area (Å²) in [5, 5.41) is 15.5. The molecular formula is C26H38N6O2S2. The first-order valence-electron chi connectivity index (χ1n) is 13.0. The molecular weight excluding hydrogens is 492 g/mol. The first kappa shape index (κ1) is 27.0. The summed E-state index contributed by atoms with van der Waals surface area (Å²) in [5.74, 6) is 8.21. The quantitative estimate of drug-likeness (QED) is 0.161. The molecule has 8 nitrogen and oxygen atoms in total. The fourth-order valence-electron chi connectivity index (χ4n) is 4.51. The van der Waals surface area contributed by atoms with Crippen LogP contribution >= 0.6 is 23.5 Å². The molecule has 36 heavy (non-hydrogen) atoms. The summed E-state index contributed by atoms with van der Waals surface area (Å²) >= 11 is 3.62. The fraction of sp³-hybridized carbons (Fsp3) is 0.615. The van der Waals surface area contributed by atoms with Gasteiger partial charge in [-0.05, 0) is 76.1 Å². The minimum absolute atomic E-state index is 0.537. The third kappa shape index (κ3) is 9.43. The summed E-state index contributed by atoms with van der Waals surface area (Å²) in [6.07, 6.45) is 7.07. The third-order valence-electron chi connectivity index (χ3n) is 6.32. The van der Waals surface area contributed by atoms with Crippen LogP contribution in [0.15, 0.2) is 38.1 Å². The largest absolute Gasteiger partial charge is 0.464 e. The van der Waals surface area contributed by atoms with Crippen LogP contribution in [-0.4, -0.2) is 66.5 Å². The van der Waals surface area contributed by atoms with Crippen LogP contribution < -0.4 is 10.6 Å². The maximum atomic E-state index is 8.99. The molecule has 0 spiro atoms. The smallest absolute Gasteiger partial charge is 0.209 e. The Labute approximate surface area is 223 Å². The van der Waals surface area contributed by atoms with Crippen molar-refractivity contribution in [2.24, 2.45) is 4.99 Å². The predicted molar refractivity (Wildman–Crippen MR) is 148 cm³/mol. The molecule has 2 fully saturated rings. The lowest BCUT2D eigenvalue weighted by Crippen LogP contribution is -2.39. The van der Waals surface area contributed by atoms with E-state index in [2.05, 4.69) is 49.7 Å². The van der Waals surface area contributed by atoms with Gasteiger partial charge in [0.1, 0.15) is 23.0 Å². The molecule has 196 valence electrons. The number of furan rings is 2. The number of thioether (sulfide) groups is 2. The molecule has 0 saturated carbocycles. The SMILES string of the molecule is N#CN=C(NCCSCc1ccc(CN2CCCC2)o1)NCCSCc1ccc(CN2CCCC2)o1. The van der Waals surface area contributed by atoms with Crippen molar-refractivity contribution in [3.8, 4) is 6.19 Å². The maximum Gasteiger partial charge on any atom is 0.209 e. The van der Waals surface area contributed by atoms with Gasteiger partial charge in [0.25, 0.3) is 0 Å². The normalized spacial score (nSPS) is 16.3. The molecule has 2 aliphatic rings. The van der Waals surface area contributed by atoms with Gasteiger partial charge >= 0.3 is 0 Å². The number of guanidine groups is 1. The Balaban J connectivity index is 1.04. The molecule has 4 heterocycles. The van der Waals surface area contributed by atoms with E-state index in [9.17, 15) is 0 Å². The average Bonchev–Trinajstić information content (AvgIpc) is 3.69. The number of hydrogen-bond donors (Lipinski definition) is 2. The van der Waals surface area contributed by atoms with Crippen LogP contribution in [0.5, 0.6) is 0 Å². The molecule has 0 atom stereocenters. The second-order valence-corrected chi connectivity index (χ2v) is 11.4. The fourth-order valence-corrected chi connectivity index (χ4v) is 6.01. The van der Waals surface area contributed by atoms with E-state index < -0.39 is 0 Å². The van der Waals surface area contributed by atoms with Crippen LogP contribution in [-0.2, 0) is 24.6 Å². The van der Waals surface area contributed by atoms with Gasteiger partial charge < -0.3 is 19.5 Å². The Bertz CT molecular complexity index is 905. The molecule has 0 aromatic carbocycles. The molecule has 10 heteroatoms. The zero-order chi connectivity index (χ0) is 24.8. The van der Waals surface area contributed by atoms with Crippen LogP contribution in [0.3, 0.4) is 0 Å². The standard InChI is InChI=1S/C26H38N6O2S2/c27-21-30-26(28-9-15-35-19-24-7-5-22(33-24)17-31-11-1-2-12-31)29-10-16-36-20-25-8-6-23(34-25)18-32-13-3-4-14-32/h5-8H,1-4,9-20H2,(H2,28,29,30). The molecule has 0 unspecified atom stereocenters. The van der Waals surface area contributed by atoms with Gasteiger partial charge in [0, 0.05) is 24.6 Å². The topological polar surface area (TPSA) is 93.0 Å². The summed E-state index contributed by atoms with van der Waals surface area (Å²) in [4.78, 5) is 8.77. The van der Waals surface area contributed by atoms with Crippen molar-refractivity contribution in [1.82, 2.24) is 20.4 Å². The number of aliphatic imine (C=N–C) groups is 1. The van der Waals surface area contributed by atoms with Gasteiger partial charge in [0.05, 0.1) is 24.6 Å². The molecule has 0 aliphatic carbocycles. The van der Waals surface area contributed by atoms with Gasteiger partial charge in [-0.25, -0.2) is 0 Å². The second-order valence-electron chi connectivity index (χ2n) is 9.22. The number of nitrogens with zero attached hydrogens (tertiary/aromatic N) is 4. The highest BCUT2D eigenvalue weighted by Gasteiger charge is 2.15. The van der Waals surface area contributed by atoms with E-state index in [1.165, 1.54) is 51.9 Å². The van der Waals surface area contributed by atoms with Gasteiger partial charge in [-0.15, -0.1) is 4.99 Å². The first-order chi connectivity index (χ1) is 17.8. The zero-order valence-corrected chi connectivity index (χ0v) is 22.7. The van der Waals surface area contributed by atoms with Crippen molar-refractivity contribution in [2.45, 2.75) is 50.3 Å². The van der Waals surface area contributed by atoms with E-state index in [-0.39, 0.29) is 0 Å². The lowest BCUT2D eigenvalue weighted by molar-refractivity contribution is 0.294. The van der Waals surface area contributed by atoms with Crippen LogP contribution in [0.2, 0.25) is 0 Å². The summed E-state index contributed by atoms with van der Waals surface area (Å²) < 4.78 is 12.0. The number of rotatable bonds is 14. The Morgan fingerprint density at radius 2 is 1.22 bits per heavy atom. The van der Waals surface area contributed by atoms with Gasteiger partial charge in [-0.2, -0.15) is 28.8 Å². The maximum absolute atomic E-state index is 8.99. The van der Waals surface area contributed by atoms with Gasteiger partial charge in [-0.1, -0.05) is 0 Å². The van der Waals surface area contributed by atoms with Crippen molar-refractivity contribution < 1.29 is 8.83 Å². The molecule has 0 bridgehead atoms. The molecule has 2 saturated heterocycles. The van der Waals surface area contributed by atoms with E-state index in [1.54, 1.807) is 0 Å². The Morgan fingerprint density at radius 1 is 0.778 bits per heavy atom. The van der Waals surface area contributed by atoms with E-state index in [1.807, 2.05) is 29.7 Å². The summed E-state index contributed by atoms with van der Waals surface area (Å²) in [6.45, 7) is 8.03. The van der Waals surface area contributed by atoms with Gasteiger partial charge in [0.2, 0.25) is 12.2 Å². The monoisotopic (exact) mass is 530 g/mol. The molecule has 2 aliphatic heterocycles. The number of nitriles is 1. The summed E-state index contributed by atoms with van der Waals surface area (Å²) in [7, 11) is 0. The van der Waals surface area contributed by atoms with Crippen molar-refractivity contribution in [3.05, 3.63) is 47.3 Å². The summed E-state index contributed by atoms with van der Waals surface area (Å²) in [6, 6.07) is 8.38. The zero-order valence-electron chi connectivity index (χ0n) is 21.0. The van der Waals surface area contributed by atoms with Crippen LogP contribution in [0, 0.1) is 11.5 Å². The Kier molecular flexibility index (Phi) is 11.4. The van der Waals surface area contributed by atoms with E-state index in [4.69, 9.17) is 14.1 Å². The van der Waals surface area contributed by atoms with Crippen molar-refractivity contribution in [2.75, 3.05) is 50.8 Å². The highest BCUT2D eigenvalue weighted by molar-refractivity contribution is 7.98. The lowest BCUT2D eigenvalue weighted by atomic mass is 10.4. The van der Waals surface area contributed by atoms with Crippen LogP contribution in [0.4, 0.5) is 0 Å². The van der Waals surface area contributed by atoms with Gasteiger partial charge in [0.15, 0.2) is 0 Å². The Morgan fingerprint density at radius 3 is 1.67 bits per heavy atom. The lowest BCUT2D eigenvalue weighted by Gasteiger charge is -2.12. The molecule has 0 radical (unpaired) electrons. The minimum Gasteiger partial charge on any atom is -0.464 e. The highest BCUT2D eigenvalue weighted by Crippen LogP contribution is 2.19. The van der Waals surface area contributed by atoms with Crippen molar-refractivity contribution in [1.29, 1.82) is 5.26 Å². The molecule has 2 aromatic rings. The summed E-state index contributed by atoms with van der Waals surface area (Å²) in [5.41, 5.74) is 0. The molecule has 0 amide bonds. The van der Waals surface area contributed by atoms with E-state index in [0.717, 1.165) is 72.2 Å². The van der Waals surface area contributed by atoms with Crippen molar-refractivity contribution in [3.63, 3.8) is 0 Å².